The van der Waals surface area contributed by atoms with E-state index in [9.17, 15) is 14.4 Å². The topological polar surface area (TPSA) is 78.5 Å². The molecule has 2 aromatic carbocycles. The minimum absolute atomic E-state index is 0.235. The average molecular weight is 506 g/mol. The molecule has 6 nitrogen and oxygen atoms in total. The van der Waals surface area contributed by atoms with Gasteiger partial charge in [0.05, 0.1) is 11.4 Å². The molecule has 3 rings (SSSR count). The molecule has 7 heteroatoms. The van der Waals surface area contributed by atoms with Crippen molar-refractivity contribution < 1.29 is 14.4 Å². The Morgan fingerprint density at radius 2 is 1.67 bits per heavy atom. The van der Waals surface area contributed by atoms with Crippen molar-refractivity contribution >= 4 is 34.7 Å². The van der Waals surface area contributed by atoms with E-state index in [0.717, 1.165) is 17.5 Å². The summed E-state index contributed by atoms with van der Waals surface area (Å²) in [5.41, 5.74) is 2.91. The van der Waals surface area contributed by atoms with Crippen molar-refractivity contribution in [1.82, 2.24) is 10.6 Å². The van der Waals surface area contributed by atoms with Gasteiger partial charge in [-0.05, 0) is 62.3 Å². The summed E-state index contributed by atoms with van der Waals surface area (Å²) in [6.07, 6.45) is 1.42. The number of anilines is 1. The van der Waals surface area contributed by atoms with Crippen LogP contribution in [0.1, 0.15) is 66.5 Å². The molecule has 0 aliphatic rings. The lowest BCUT2D eigenvalue weighted by Gasteiger charge is -2.35. The molecule has 0 radical (unpaired) electrons. The van der Waals surface area contributed by atoms with Crippen molar-refractivity contribution in [2.75, 3.05) is 11.4 Å². The van der Waals surface area contributed by atoms with Crippen LogP contribution in [0.2, 0.25) is 0 Å². The Balaban J connectivity index is 2.07. The Morgan fingerprint density at radius 3 is 2.28 bits per heavy atom. The van der Waals surface area contributed by atoms with Gasteiger partial charge >= 0.3 is 0 Å². The number of nitrogens with one attached hydrogen (secondary N) is 2. The van der Waals surface area contributed by atoms with Crippen LogP contribution >= 0.6 is 11.3 Å². The molecule has 36 heavy (non-hydrogen) atoms. The van der Waals surface area contributed by atoms with Crippen molar-refractivity contribution in [3.63, 3.8) is 0 Å². The van der Waals surface area contributed by atoms with E-state index in [1.165, 1.54) is 11.3 Å². The Kier molecular flexibility index (Phi) is 9.04. The molecule has 0 bridgehead atoms. The zero-order valence-corrected chi connectivity index (χ0v) is 22.4. The Bertz CT molecular complexity index is 1190. The SMILES string of the molecule is CCc1ccccc1N(C(=O)CNC(=O)c1cccs1)[C@@H](C(=O)NC(C)(C)CC)c1ccc(C)cc1. The van der Waals surface area contributed by atoms with Crippen LogP contribution in [-0.4, -0.2) is 29.8 Å². The Morgan fingerprint density at radius 1 is 0.972 bits per heavy atom. The number of rotatable bonds is 10. The third-order valence-electron chi connectivity index (χ3n) is 6.29. The highest BCUT2D eigenvalue weighted by Crippen LogP contribution is 2.32. The van der Waals surface area contributed by atoms with Crippen molar-refractivity contribution in [3.8, 4) is 0 Å². The first-order valence-electron chi connectivity index (χ1n) is 12.3. The molecule has 1 heterocycles. The van der Waals surface area contributed by atoms with Crippen LogP contribution in [0.15, 0.2) is 66.0 Å². The van der Waals surface area contributed by atoms with Crippen LogP contribution in [0.4, 0.5) is 5.69 Å². The fourth-order valence-corrected chi connectivity index (χ4v) is 4.49. The van der Waals surface area contributed by atoms with Gasteiger partial charge in [-0.15, -0.1) is 11.3 Å². The van der Waals surface area contributed by atoms with Crippen molar-refractivity contribution in [3.05, 3.63) is 87.6 Å². The maximum Gasteiger partial charge on any atom is 0.261 e. The lowest BCUT2D eigenvalue weighted by molar-refractivity contribution is -0.127. The van der Waals surface area contributed by atoms with Gasteiger partial charge in [-0.1, -0.05) is 67.9 Å². The van der Waals surface area contributed by atoms with Gasteiger partial charge in [0.15, 0.2) is 0 Å². The average Bonchev–Trinajstić information content (AvgIpc) is 3.41. The number of benzene rings is 2. The van der Waals surface area contributed by atoms with E-state index >= 15 is 0 Å². The number of para-hydroxylation sites is 1. The first-order valence-corrected chi connectivity index (χ1v) is 13.1. The summed E-state index contributed by atoms with van der Waals surface area (Å²) in [5.74, 6) is -0.948. The number of amides is 3. The summed E-state index contributed by atoms with van der Waals surface area (Å²) < 4.78 is 0. The molecule has 1 aromatic heterocycles. The summed E-state index contributed by atoms with van der Waals surface area (Å²) in [6.45, 7) is 9.70. The normalized spacial score (nSPS) is 12.0. The second-order valence-electron chi connectivity index (χ2n) is 9.45. The second-order valence-corrected chi connectivity index (χ2v) is 10.4. The number of nitrogens with zero attached hydrogens (tertiary/aromatic N) is 1. The summed E-state index contributed by atoms with van der Waals surface area (Å²) in [4.78, 5) is 42.3. The highest BCUT2D eigenvalue weighted by Gasteiger charge is 2.35. The maximum absolute atomic E-state index is 13.9. The second kappa shape index (κ2) is 12.0. The number of carbonyl (C=O) groups excluding carboxylic acids is 3. The number of carbonyl (C=O) groups is 3. The van der Waals surface area contributed by atoms with Crippen molar-refractivity contribution in [2.45, 2.75) is 59.0 Å². The first kappa shape index (κ1) is 27.1. The quantitative estimate of drug-likeness (QED) is 0.386. The first-order chi connectivity index (χ1) is 17.2. The number of aryl methyl sites for hydroxylation is 2. The minimum Gasteiger partial charge on any atom is -0.349 e. The molecule has 3 amide bonds. The summed E-state index contributed by atoms with van der Waals surface area (Å²) in [5, 5.41) is 7.68. The smallest absolute Gasteiger partial charge is 0.261 e. The Labute approximate surface area is 217 Å². The predicted octanol–water partition coefficient (Wildman–Crippen LogP) is 5.43. The van der Waals surface area contributed by atoms with Crippen LogP contribution in [0.25, 0.3) is 0 Å². The maximum atomic E-state index is 13.9. The molecular formula is C29H35N3O3S. The van der Waals surface area contributed by atoms with E-state index in [-0.39, 0.29) is 24.3 Å². The molecule has 0 spiro atoms. The van der Waals surface area contributed by atoms with E-state index in [0.29, 0.717) is 22.5 Å². The monoisotopic (exact) mass is 505 g/mol. The van der Waals surface area contributed by atoms with Crippen LogP contribution in [-0.2, 0) is 16.0 Å². The minimum atomic E-state index is -0.907. The van der Waals surface area contributed by atoms with E-state index in [4.69, 9.17) is 0 Å². The third-order valence-corrected chi connectivity index (χ3v) is 7.16. The van der Waals surface area contributed by atoms with Gasteiger partial charge in [-0.2, -0.15) is 0 Å². The number of hydrogen-bond donors (Lipinski definition) is 2. The van der Waals surface area contributed by atoms with Crippen LogP contribution < -0.4 is 15.5 Å². The fraction of sp³-hybridized carbons (Fsp3) is 0.345. The van der Waals surface area contributed by atoms with Gasteiger partial charge < -0.3 is 10.6 Å². The zero-order chi connectivity index (χ0) is 26.3. The zero-order valence-electron chi connectivity index (χ0n) is 21.6. The predicted molar refractivity (Wildman–Crippen MR) is 146 cm³/mol. The largest absolute Gasteiger partial charge is 0.349 e. The van der Waals surface area contributed by atoms with E-state index in [1.807, 2.05) is 88.5 Å². The fourth-order valence-electron chi connectivity index (χ4n) is 3.85. The van der Waals surface area contributed by atoms with Gasteiger partial charge in [0, 0.05) is 11.2 Å². The highest BCUT2D eigenvalue weighted by atomic mass is 32.1. The van der Waals surface area contributed by atoms with E-state index in [2.05, 4.69) is 10.6 Å². The third kappa shape index (κ3) is 6.61. The van der Waals surface area contributed by atoms with Crippen LogP contribution in [0, 0.1) is 6.92 Å². The standard InChI is InChI=1S/C29H35N3O3S/c1-6-21-11-8-9-12-23(21)32(25(33)19-30-27(34)24-13-10-18-36-24)26(22-16-14-20(3)15-17-22)28(35)31-29(4,5)7-2/h8-18,26H,6-7,19H2,1-5H3,(H,30,34)(H,31,35)/t26-/m1/s1. The molecule has 3 aromatic rings. The van der Waals surface area contributed by atoms with Crippen LogP contribution in [0.5, 0.6) is 0 Å². The molecule has 190 valence electrons. The van der Waals surface area contributed by atoms with Crippen LogP contribution in [0.3, 0.4) is 0 Å². The van der Waals surface area contributed by atoms with Crippen molar-refractivity contribution in [2.24, 2.45) is 0 Å². The number of thiophene rings is 1. The highest BCUT2D eigenvalue weighted by molar-refractivity contribution is 7.12. The summed E-state index contributed by atoms with van der Waals surface area (Å²) in [7, 11) is 0. The molecule has 0 saturated carbocycles. The Hall–Kier alpha value is -3.45. The summed E-state index contributed by atoms with van der Waals surface area (Å²) in [6, 6.07) is 17.8. The molecule has 0 aliphatic heterocycles. The summed E-state index contributed by atoms with van der Waals surface area (Å²) >= 11 is 1.31. The van der Waals surface area contributed by atoms with Gasteiger partial charge in [-0.25, -0.2) is 0 Å². The van der Waals surface area contributed by atoms with Gasteiger partial charge in [-0.3, -0.25) is 19.3 Å². The number of hydrogen-bond acceptors (Lipinski definition) is 4. The van der Waals surface area contributed by atoms with E-state index < -0.39 is 11.6 Å². The molecule has 0 fully saturated rings. The molecule has 0 unspecified atom stereocenters. The molecule has 1 atom stereocenters. The van der Waals surface area contributed by atoms with Gasteiger partial charge in [0.1, 0.15) is 6.04 Å². The van der Waals surface area contributed by atoms with Gasteiger partial charge in [0.25, 0.3) is 5.91 Å². The van der Waals surface area contributed by atoms with Crippen molar-refractivity contribution in [1.29, 1.82) is 0 Å². The molecule has 0 saturated heterocycles. The lowest BCUT2D eigenvalue weighted by atomic mass is 9.97. The molecular weight excluding hydrogens is 470 g/mol. The molecule has 0 aliphatic carbocycles. The molecule has 2 N–H and O–H groups in total. The van der Waals surface area contributed by atoms with Gasteiger partial charge in [0.2, 0.25) is 11.8 Å². The lowest BCUT2D eigenvalue weighted by Crippen LogP contribution is -2.52. The van der Waals surface area contributed by atoms with E-state index in [1.54, 1.807) is 17.0 Å².